The van der Waals surface area contributed by atoms with Gasteiger partial charge in [0.05, 0.1) is 0 Å². The highest BCUT2D eigenvalue weighted by Gasteiger charge is 1.95. The summed E-state index contributed by atoms with van der Waals surface area (Å²) in [6.45, 7) is 5.90. The van der Waals surface area contributed by atoms with Gasteiger partial charge in [0, 0.05) is 0 Å². The Bertz CT molecular complexity index is 284. The lowest BCUT2D eigenvalue weighted by atomic mass is 10.0. The molecule has 0 N–H and O–H groups in total. The summed E-state index contributed by atoms with van der Waals surface area (Å²) in [5.74, 6) is 0. The van der Waals surface area contributed by atoms with E-state index in [9.17, 15) is 0 Å². The van der Waals surface area contributed by atoms with Gasteiger partial charge in [0.25, 0.3) is 0 Å². The van der Waals surface area contributed by atoms with Gasteiger partial charge < -0.3 is 0 Å². The molecule has 0 rings (SSSR count). The molecule has 0 saturated heterocycles. The fourth-order valence-corrected chi connectivity index (χ4v) is 3.78. The Kier molecular flexibility index (Phi) is 24.1. The zero-order valence-corrected chi connectivity index (χ0v) is 18.3. The molecule has 0 aromatic heterocycles. The molecular formula is C26H50. The average molecular weight is 363 g/mol. The molecule has 26 heavy (non-hydrogen) atoms. The molecule has 0 fully saturated rings. The maximum Gasteiger partial charge on any atom is -0.0275 e. The van der Waals surface area contributed by atoms with Crippen molar-refractivity contribution in [3.63, 3.8) is 0 Å². The summed E-state index contributed by atoms with van der Waals surface area (Å²) in [7, 11) is 0. The largest absolute Gasteiger partial charge is 0.133 e. The summed E-state index contributed by atoms with van der Waals surface area (Å²) in [6.07, 6.45) is 33.7. The van der Waals surface area contributed by atoms with Crippen molar-refractivity contribution in [2.24, 2.45) is 0 Å². The molecule has 0 amide bonds. The number of hydrogen-bond acceptors (Lipinski definition) is 0. The van der Waals surface area contributed by atoms with Crippen LogP contribution in [0.1, 0.15) is 148 Å². The van der Waals surface area contributed by atoms with Crippen LogP contribution in [0.2, 0.25) is 0 Å². The minimum atomic E-state index is 1.17. The topological polar surface area (TPSA) is 0 Å². The quantitative estimate of drug-likeness (QED) is 0.133. The number of unbranched alkanes of at least 4 members (excludes halogenated alkanes) is 21. The molecule has 0 radical (unpaired) electrons. The molecule has 0 nitrogen and oxygen atoms in total. The average Bonchev–Trinajstić information content (AvgIpc) is 2.66. The van der Waals surface area contributed by atoms with Crippen molar-refractivity contribution in [2.75, 3.05) is 0 Å². The Morgan fingerprint density at radius 3 is 1.00 bits per heavy atom. The van der Waals surface area contributed by atoms with Crippen LogP contribution in [0.25, 0.3) is 0 Å². The van der Waals surface area contributed by atoms with E-state index >= 15 is 0 Å². The SMILES string of the molecule is C=C=CCCCCCCCCCCCCCCCCCCCCCCC. The molecule has 0 saturated carbocycles. The monoisotopic (exact) mass is 362 g/mol. The summed E-state index contributed by atoms with van der Waals surface area (Å²) >= 11 is 0. The number of allylic oxidation sites excluding steroid dienone is 1. The van der Waals surface area contributed by atoms with Gasteiger partial charge in [-0.3, -0.25) is 0 Å². The van der Waals surface area contributed by atoms with Crippen LogP contribution in [0.4, 0.5) is 0 Å². The van der Waals surface area contributed by atoms with Crippen molar-refractivity contribution in [3.05, 3.63) is 18.4 Å². The summed E-state index contributed by atoms with van der Waals surface area (Å²) in [5, 5.41) is 0. The Labute approximate surface area is 166 Å². The van der Waals surface area contributed by atoms with Crippen LogP contribution in [0, 0.1) is 0 Å². The van der Waals surface area contributed by atoms with Gasteiger partial charge in [-0.2, -0.15) is 0 Å². The van der Waals surface area contributed by atoms with Gasteiger partial charge in [0.15, 0.2) is 0 Å². The lowest BCUT2D eigenvalue weighted by molar-refractivity contribution is 0.520. The van der Waals surface area contributed by atoms with E-state index in [0.717, 1.165) is 0 Å². The molecule has 0 unspecified atom stereocenters. The lowest BCUT2D eigenvalue weighted by Crippen LogP contribution is -1.84. The van der Waals surface area contributed by atoms with Crippen molar-refractivity contribution >= 4 is 0 Å². The highest BCUT2D eigenvalue weighted by atomic mass is 14.0. The normalized spacial score (nSPS) is 10.8. The molecule has 0 spiro atoms. The molecular weight excluding hydrogens is 312 g/mol. The second kappa shape index (κ2) is 24.5. The van der Waals surface area contributed by atoms with Crippen molar-refractivity contribution in [3.8, 4) is 0 Å². The fourth-order valence-electron chi connectivity index (χ4n) is 3.78. The highest BCUT2D eigenvalue weighted by molar-refractivity contribution is 4.74. The summed E-state index contributed by atoms with van der Waals surface area (Å²) in [6, 6.07) is 0. The Hall–Kier alpha value is -0.480. The van der Waals surface area contributed by atoms with Gasteiger partial charge in [-0.05, 0) is 18.9 Å². The molecule has 154 valence electrons. The molecule has 0 heteroatoms. The molecule has 0 atom stereocenters. The molecule has 0 aliphatic carbocycles. The van der Waals surface area contributed by atoms with Gasteiger partial charge in [0.2, 0.25) is 0 Å². The minimum Gasteiger partial charge on any atom is -0.133 e. The van der Waals surface area contributed by atoms with Crippen molar-refractivity contribution < 1.29 is 0 Å². The van der Waals surface area contributed by atoms with Crippen LogP contribution >= 0.6 is 0 Å². The predicted octanol–water partition coefficient (Wildman–Crippen LogP) is 9.93. The molecule has 0 aromatic carbocycles. The van der Waals surface area contributed by atoms with Gasteiger partial charge >= 0.3 is 0 Å². The Balaban J connectivity index is 2.97. The van der Waals surface area contributed by atoms with Gasteiger partial charge in [-0.15, -0.1) is 5.73 Å². The first-order valence-corrected chi connectivity index (χ1v) is 12.3. The zero-order chi connectivity index (χ0) is 19.0. The fraction of sp³-hybridized carbons (Fsp3) is 0.885. The zero-order valence-electron chi connectivity index (χ0n) is 18.3. The Morgan fingerprint density at radius 1 is 0.462 bits per heavy atom. The third-order valence-corrected chi connectivity index (χ3v) is 5.60. The molecule has 0 aliphatic rings. The van der Waals surface area contributed by atoms with E-state index in [0.29, 0.717) is 0 Å². The Morgan fingerprint density at radius 2 is 0.731 bits per heavy atom. The van der Waals surface area contributed by atoms with E-state index in [1.54, 1.807) is 0 Å². The van der Waals surface area contributed by atoms with Crippen LogP contribution in [0.3, 0.4) is 0 Å². The van der Waals surface area contributed by atoms with Crippen LogP contribution in [-0.4, -0.2) is 0 Å². The van der Waals surface area contributed by atoms with Crippen LogP contribution in [-0.2, 0) is 0 Å². The number of rotatable bonds is 22. The standard InChI is InChI=1S/C26H50/c1-3-5-7-9-11-13-15-17-19-21-23-25-26-24-22-20-18-16-14-12-10-8-6-4-2/h5H,1,4,6-26H2,2H3. The van der Waals surface area contributed by atoms with Gasteiger partial charge in [-0.25, -0.2) is 0 Å². The van der Waals surface area contributed by atoms with Crippen molar-refractivity contribution in [2.45, 2.75) is 148 Å². The second-order valence-electron chi connectivity index (χ2n) is 8.27. The summed E-state index contributed by atoms with van der Waals surface area (Å²) in [4.78, 5) is 0. The van der Waals surface area contributed by atoms with Crippen LogP contribution < -0.4 is 0 Å². The maximum atomic E-state index is 3.60. The summed E-state index contributed by atoms with van der Waals surface area (Å²) in [5.41, 5.74) is 2.85. The van der Waals surface area contributed by atoms with E-state index in [1.807, 2.05) is 0 Å². The first kappa shape index (κ1) is 25.5. The van der Waals surface area contributed by atoms with Gasteiger partial charge in [-0.1, -0.05) is 142 Å². The maximum absolute atomic E-state index is 3.60. The smallest absolute Gasteiger partial charge is 0.0275 e. The molecule has 0 aliphatic heterocycles. The minimum absolute atomic E-state index is 1.17. The van der Waals surface area contributed by atoms with E-state index in [2.05, 4.69) is 25.3 Å². The molecule has 0 heterocycles. The first-order valence-electron chi connectivity index (χ1n) is 12.3. The second-order valence-corrected chi connectivity index (χ2v) is 8.27. The highest BCUT2D eigenvalue weighted by Crippen LogP contribution is 2.15. The van der Waals surface area contributed by atoms with E-state index in [1.165, 1.54) is 141 Å². The number of hydrogen-bond donors (Lipinski definition) is 0. The predicted molar refractivity (Wildman–Crippen MR) is 121 cm³/mol. The third kappa shape index (κ3) is 23.5. The molecule has 0 bridgehead atoms. The van der Waals surface area contributed by atoms with E-state index < -0.39 is 0 Å². The molecule has 0 aromatic rings. The van der Waals surface area contributed by atoms with E-state index in [4.69, 9.17) is 0 Å². The lowest BCUT2D eigenvalue weighted by Gasteiger charge is -2.04. The van der Waals surface area contributed by atoms with Crippen LogP contribution in [0.5, 0.6) is 0 Å². The van der Waals surface area contributed by atoms with Crippen LogP contribution in [0.15, 0.2) is 18.4 Å². The summed E-state index contributed by atoms with van der Waals surface area (Å²) < 4.78 is 0. The third-order valence-electron chi connectivity index (χ3n) is 5.60. The van der Waals surface area contributed by atoms with E-state index in [-0.39, 0.29) is 0 Å². The van der Waals surface area contributed by atoms with Crippen molar-refractivity contribution in [1.29, 1.82) is 0 Å². The van der Waals surface area contributed by atoms with Crippen molar-refractivity contribution in [1.82, 2.24) is 0 Å². The first-order chi connectivity index (χ1) is 12.9. The van der Waals surface area contributed by atoms with Gasteiger partial charge in [0.1, 0.15) is 0 Å².